The van der Waals surface area contributed by atoms with E-state index in [1.165, 1.54) is 6.07 Å². The highest BCUT2D eigenvalue weighted by Gasteiger charge is 2.20. The third kappa shape index (κ3) is 2.71. The highest BCUT2D eigenvalue weighted by Crippen LogP contribution is 2.29. The van der Waals surface area contributed by atoms with Gasteiger partial charge in [0.05, 0.1) is 29.5 Å². The van der Waals surface area contributed by atoms with Gasteiger partial charge >= 0.3 is 0 Å². The Bertz CT molecular complexity index is 678. The fourth-order valence-electron chi connectivity index (χ4n) is 2.34. The van der Waals surface area contributed by atoms with Gasteiger partial charge in [0.2, 0.25) is 0 Å². The molecule has 1 N–H and O–H groups in total. The van der Waals surface area contributed by atoms with Crippen molar-refractivity contribution in [3.05, 3.63) is 40.3 Å². The van der Waals surface area contributed by atoms with Gasteiger partial charge in [-0.25, -0.2) is 14.4 Å². The molecule has 1 aromatic carbocycles. The molecule has 1 aliphatic heterocycles. The minimum Gasteiger partial charge on any atom is -0.376 e. The normalized spacial score (nSPS) is 13.9. The van der Waals surface area contributed by atoms with Crippen LogP contribution in [0.5, 0.6) is 0 Å². The molecule has 1 aromatic heterocycles. The molecule has 0 radical (unpaired) electrons. The van der Waals surface area contributed by atoms with Gasteiger partial charge in [0, 0.05) is 18.5 Å². The van der Waals surface area contributed by atoms with Gasteiger partial charge in [-0.05, 0) is 19.1 Å². The lowest BCUT2D eigenvalue weighted by molar-refractivity contribution is 0.109. The van der Waals surface area contributed by atoms with Gasteiger partial charge in [0.15, 0.2) is 11.6 Å². The van der Waals surface area contributed by atoms with Crippen LogP contribution in [0, 0.1) is 5.82 Å². The van der Waals surface area contributed by atoms with E-state index in [2.05, 4.69) is 15.3 Å². The van der Waals surface area contributed by atoms with Gasteiger partial charge in [-0.3, -0.25) is 0 Å². The Morgan fingerprint density at radius 1 is 1.38 bits per heavy atom. The van der Waals surface area contributed by atoms with Crippen LogP contribution < -0.4 is 5.32 Å². The van der Waals surface area contributed by atoms with Crippen molar-refractivity contribution in [1.29, 1.82) is 0 Å². The number of rotatable bonds is 3. The van der Waals surface area contributed by atoms with Gasteiger partial charge in [-0.1, -0.05) is 17.7 Å². The number of halogens is 2. The predicted octanol–water partition coefficient (Wildman–Crippen LogP) is 3.44. The maximum Gasteiger partial charge on any atom is 0.164 e. The molecular formula is C15H15ClFN3O. The van der Waals surface area contributed by atoms with E-state index in [4.69, 9.17) is 16.3 Å². The van der Waals surface area contributed by atoms with Crippen LogP contribution in [0.3, 0.4) is 0 Å². The molecule has 6 heteroatoms. The molecule has 0 amide bonds. The second-order valence-electron chi connectivity index (χ2n) is 4.76. The molecule has 0 atom stereocenters. The molecule has 0 saturated carbocycles. The van der Waals surface area contributed by atoms with Gasteiger partial charge < -0.3 is 10.1 Å². The minimum atomic E-state index is -0.492. The van der Waals surface area contributed by atoms with Crippen LogP contribution in [0.15, 0.2) is 18.2 Å². The molecule has 3 rings (SSSR count). The van der Waals surface area contributed by atoms with Gasteiger partial charge in [-0.15, -0.1) is 0 Å². The van der Waals surface area contributed by atoms with E-state index in [-0.39, 0.29) is 5.02 Å². The lowest BCUT2D eigenvalue weighted by atomic mass is 10.1. The summed E-state index contributed by atoms with van der Waals surface area (Å²) < 4.78 is 19.6. The van der Waals surface area contributed by atoms with E-state index in [0.717, 1.165) is 17.8 Å². The number of nitrogens with zero attached hydrogens (tertiary/aromatic N) is 2. The first-order valence-electron chi connectivity index (χ1n) is 6.86. The van der Waals surface area contributed by atoms with Crippen LogP contribution in [0.4, 0.5) is 10.2 Å². The van der Waals surface area contributed by atoms with Crippen LogP contribution in [0.25, 0.3) is 11.4 Å². The van der Waals surface area contributed by atoms with Crippen LogP contribution in [-0.4, -0.2) is 23.1 Å². The van der Waals surface area contributed by atoms with E-state index in [1.807, 2.05) is 6.92 Å². The lowest BCUT2D eigenvalue weighted by Crippen LogP contribution is -2.17. The van der Waals surface area contributed by atoms with Crippen molar-refractivity contribution >= 4 is 17.4 Å². The summed E-state index contributed by atoms with van der Waals surface area (Å²) in [6.45, 7) is 3.81. The first-order valence-corrected chi connectivity index (χ1v) is 7.24. The quantitative estimate of drug-likeness (QED) is 0.943. The Morgan fingerprint density at radius 2 is 2.24 bits per heavy atom. The third-order valence-electron chi connectivity index (χ3n) is 3.36. The number of anilines is 1. The van der Waals surface area contributed by atoms with E-state index in [1.54, 1.807) is 12.1 Å². The zero-order valence-electron chi connectivity index (χ0n) is 11.6. The van der Waals surface area contributed by atoms with E-state index < -0.39 is 5.82 Å². The van der Waals surface area contributed by atoms with Crippen LogP contribution in [-0.2, 0) is 17.8 Å². The number of hydrogen-bond acceptors (Lipinski definition) is 4. The predicted molar refractivity (Wildman–Crippen MR) is 80.0 cm³/mol. The maximum absolute atomic E-state index is 14.2. The number of benzene rings is 1. The monoisotopic (exact) mass is 307 g/mol. The van der Waals surface area contributed by atoms with Crippen molar-refractivity contribution < 1.29 is 9.13 Å². The summed E-state index contributed by atoms with van der Waals surface area (Å²) in [4.78, 5) is 8.95. The van der Waals surface area contributed by atoms with E-state index in [0.29, 0.717) is 36.8 Å². The highest BCUT2D eigenvalue weighted by atomic mass is 35.5. The van der Waals surface area contributed by atoms with Crippen molar-refractivity contribution in [3.8, 4) is 11.4 Å². The third-order valence-corrected chi connectivity index (χ3v) is 3.65. The highest BCUT2D eigenvalue weighted by molar-refractivity contribution is 6.31. The van der Waals surface area contributed by atoms with Gasteiger partial charge in [-0.2, -0.15) is 0 Å². The molecule has 2 heterocycles. The standard InChI is InChI=1S/C15H15ClFN3O/c1-2-18-14-10-8-21-7-6-12(10)19-15(20-14)9-4-3-5-11(16)13(9)17/h3-5H,2,6-8H2,1H3,(H,18,19,20). The number of aromatic nitrogens is 2. The SMILES string of the molecule is CCNc1nc(-c2cccc(Cl)c2F)nc2c1COCC2. The van der Waals surface area contributed by atoms with Crippen molar-refractivity contribution in [2.75, 3.05) is 18.5 Å². The van der Waals surface area contributed by atoms with Crippen molar-refractivity contribution in [1.82, 2.24) is 9.97 Å². The zero-order chi connectivity index (χ0) is 14.8. The zero-order valence-corrected chi connectivity index (χ0v) is 12.4. The average Bonchev–Trinajstić information content (AvgIpc) is 2.50. The molecule has 0 fully saturated rings. The summed E-state index contributed by atoms with van der Waals surface area (Å²) in [5, 5.41) is 3.26. The maximum atomic E-state index is 14.2. The Morgan fingerprint density at radius 3 is 3.05 bits per heavy atom. The Balaban J connectivity index is 2.14. The minimum absolute atomic E-state index is 0.0714. The number of ether oxygens (including phenoxy) is 1. The Kier molecular flexibility index (Phi) is 4.03. The molecule has 0 spiro atoms. The second-order valence-corrected chi connectivity index (χ2v) is 5.16. The molecule has 0 saturated heterocycles. The fraction of sp³-hybridized carbons (Fsp3) is 0.333. The largest absolute Gasteiger partial charge is 0.376 e. The number of fused-ring (bicyclic) bond motifs is 1. The van der Waals surface area contributed by atoms with E-state index in [9.17, 15) is 4.39 Å². The van der Waals surface area contributed by atoms with Crippen LogP contribution in [0.2, 0.25) is 5.02 Å². The van der Waals surface area contributed by atoms with Gasteiger partial charge in [0.25, 0.3) is 0 Å². The molecule has 21 heavy (non-hydrogen) atoms. The molecule has 4 nitrogen and oxygen atoms in total. The molecule has 1 aliphatic rings. The molecule has 0 unspecified atom stereocenters. The Hall–Kier alpha value is -1.72. The molecule has 2 aromatic rings. The summed E-state index contributed by atoms with van der Waals surface area (Å²) in [5.41, 5.74) is 2.17. The lowest BCUT2D eigenvalue weighted by Gasteiger charge is -2.20. The van der Waals surface area contributed by atoms with Crippen molar-refractivity contribution in [2.45, 2.75) is 20.0 Å². The van der Waals surface area contributed by atoms with Crippen LogP contribution >= 0.6 is 11.6 Å². The summed E-state index contributed by atoms with van der Waals surface area (Å²) in [6.07, 6.45) is 0.700. The summed E-state index contributed by atoms with van der Waals surface area (Å²) >= 11 is 5.84. The summed E-state index contributed by atoms with van der Waals surface area (Å²) in [6, 6.07) is 4.84. The van der Waals surface area contributed by atoms with Gasteiger partial charge in [0.1, 0.15) is 5.82 Å². The molecule has 110 valence electrons. The second kappa shape index (κ2) is 5.95. The smallest absolute Gasteiger partial charge is 0.164 e. The topological polar surface area (TPSA) is 47.0 Å². The molecule has 0 aliphatic carbocycles. The Labute approximate surface area is 127 Å². The fourth-order valence-corrected chi connectivity index (χ4v) is 2.52. The van der Waals surface area contributed by atoms with E-state index >= 15 is 0 Å². The molecule has 0 bridgehead atoms. The van der Waals surface area contributed by atoms with Crippen molar-refractivity contribution in [3.63, 3.8) is 0 Å². The van der Waals surface area contributed by atoms with Crippen LogP contribution in [0.1, 0.15) is 18.2 Å². The average molecular weight is 308 g/mol. The summed E-state index contributed by atoms with van der Waals surface area (Å²) in [7, 11) is 0. The first-order chi connectivity index (χ1) is 10.2. The number of hydrogen-bond donors (Lipinski definition) is 1. The number of nitrogens with one attached hydrogen (secondary N) is 1. The molecular weight excluding hydrogens is 293 g/mol. The summed E-state index contributed by atoms with van der Waals surface area (Å²) in [5.74, 6) is 0.566. The first kappa shape index (κ1) is 14.2. The van der Waals surface area contributed by atoms with Crippen molar-refractivity contribution in [2.24, 2.45) is 0 Å².